The van der Waals surface area contributed by atoms with E-state index in [9.17, 15) is 9.36 Å². The molecule has 0 fully saturated rings. The summed E-state index contributed by atoms with van der Waals surface area (Å²) in [5.41, 5.74) is 0.314. The molecule has 0 aromatic heterocycles. The lowest BCUT2D eigenvalue weighted by atomic mass is 10.2. The third kappa shape index (κ3) is 3.42. The van der Waals surface area contributed by atoms with E-state index in [1.54, 1.807) is 32.0 Å². The molecule has 0 saturated heterocycles. The molecule has 0 radical (unpaired) electrons. The summed E-state index contributed by atoms with van der Waals surface area (Å²) >= 11 is 0. The van der Waals surface area contributed by atoms with Gasteiger partial charge in [-0.2, -0.15) is 0 Å². The Hall–Kier alpha value is -1.16. The fourth-order valence-corrected chi connectivity index (χ4v) is 3.07. The van der Waals surface area contributed by atoms with Gasteiger partial charge in [0.1, 0.15) is 0 Å². The second kappa shape index (κ2) is 6.69. The van der Waals surface area contributed by atoms with Crippen LogP contribution in [0.5, 0.6) is 0 Å². The van der Waals surface area contributed by atoms with Crippen LogP contribution in [0.1, 0.15) is 24.2 Å². The lowest BCUT2D eigenvalue weighted by Gasteiger charge is -2.17. The summed E-state index contributed by atoms with van der Waals surface area (Å²) in [6.45, 7) is 3.99. The van der Waals surface area contributed by atoms with Crippen LogP contribution >= 0.6 is 7.60 Å². The first-order valence-corrected chi connectivity index (χ1v) is 7.19. The smallest absolute Gasteiger partial charge is 0.361 e. The highest BCUT2D eigenvalue weighted by atomic mass is 31.2. The molecule has 18 heavy (non-hydrogen) atoms. The molecule has 0 heterocycles. The number of hydrogen-bond donors (Lipinski definition) is 0. The summed E-state index contributed by atoms with van der Waals surface area (Å²) in [6.07, 6.45) is 0. The maximum Gasteiger partial charge on any atom is 0.361 e. The quantitative estimate of drug-likeness (QED) is 0.587. The lowest BCUT2D eigenvalue weighted by molar-refractivity contribution is 0.0601. The van der Waals surface area contributed by atoms with Crippen LogP contribution in [0.25, 0.3) is 0 Å². The van der Waals surface area contributed by atoms with Crippen molar-refractivity contribution in [1.82, 2.24) is 0 Å². The summed E-state index contributed by atoms with van der Waals surface area (Å²) in [6, 6.07) is 6.28. The Morgan fingerprint density at radius 1 is 1.22 bits per heavy atom. The minimum absolute atomic E-state index is 0.264. The van der Waals surface area contributed by atoms with Crippen LogP contribution in [0.4, 0.5) is 0 Å². The van der Waals surface area contributed by atoms with Crippen LogP contribution in [-0.4, -0.2) is 26.3 Å². The van der Waals surface area contributed by atoms with E-state index in [0.717, 1.165) is 0 Å². The van der Waals surface area contributed by atoms with Crippen molar-refractivity contribution in [3.8, 4) is 0 Å². The van der Waals surface area contributed by atoms with Crippen LogP contribution in [0.15, 0.2) is 24.3 Å². The second-order valence-electron chi connectivity index (χ2n) is 3.37. The van der Waals surface area contributed by atoms with Crippen molar-refractivity contribution < 1.29 is 23.1 Å². The van der Waals surface area contributed by atoms with Crippen LogP contribution in [0, 0.1) is 0 Å². The molecule has 0 bridgehead atoms. The summed E-state index contributed by atoms with van der Waals surface area (Å²) in [5.74, 6) is -0.489. The predicted octanol–water partition coefficient (Wildman–Crippen LogP) is 2.36. The molecule has 1 rings (SSSR count). The Morgan fingerprint density at radius 3 is 2.33 bits per heavy atom. The molecule has 0 unspecified atom stereocenters. The number of carbonyl (C=O) groups is 1. The van der Waals surface area contributed by atoms with Gasteiger partial charge >= 0.3 is 13.6 Å². The van der Waals surface area contributed by atoms with E-state index in [2.05, 4.69) is 4.74 Å². The maximum atomic E-state index is 12.5. The topological polar surface area (TPSA) is 61.8 Å². The Bertz CT molecular complexity index is 448. The first-order chi connectivity index (χ1) is 8.57. The highest BCUT2D eigenvalue weighted by Crippen LogP contribution is 2.46. The van der Waals surface area contributed by atoms with Crippen molar-refractivity contribution >= 4 is 18.9 Å². The molecular weight excluding hydrogens is 255 g/mol. The first kappa shape index (κ1) is 14.9. The highest BCUT2D eigenvalue weighted by molar-refractivity contribution is 7.62. The van der Waals surface area contributed by atoms with Gasteiger partial charge in [-0.25, -0.2) is 4.79 Å². The van der Waals surface area contributed by atoms with Gasteiger partial charge in [0.15, 0.2) is 0 Å². The molecule has 1 aromatic rings. The van der Waals surface area contributed by atoms with Gasteiger partial charge in [-0.3, -0.25) is 4.57 Å². The molecular formula is C12H17O5P. The fraction of sp³-hybridized carbons (Fsp3) is 0.417. The summed E-state index contributed by atoms with van der Waals surface area (Å²) < 4.78 is 27.5. The Kier molecular flexibility index (Phi) is 5.54. The van der Waals surface area contributed by atoms with Gasteiger partial charge < -0.3 is 13.8 Å². The monoisotopic (exact) mass is 272 g/mol. The number of rotatable bonds is 6. The van der Waals surface area contributed by atoms with E-state index in [-0.39, 0.29) is 13.2 Å². The minimum Gasteiger partial charge on any atom is -0.465 e. The zero-order valence-corrected chi connectivity index (χ0v) is 11.6. The Morgan fingerprint density at radius 2 is 1.83 bits per heavy atom. The van der Waals surface area contributed by atoms with Gasteiger partial charge in [-0.15, -0.1) is 0 Å². The average molecular weight is 272 g/mol. The second-order valence-corrected chi connectivity index (χ2v) is 5.40. The number of methoxy groups -OCH3 is 1. The first-order valence-electron chi connectivity index (χ1n) is 5.65. The molecule has 0 aliphatic heterocycles. The van der Waals surface area contributed by atoms with Crippen molar-refractivity contribution in [2.75, 3.05) is 20.3 Å². The number of ether oxygens (including phenoxy) is 1. The number of esters is 1. The van der Waals surface area contributed by atoms with Gasteiger partial charge in [0.25, 0.3) is 0 Å². The third-order valence-corrected chi connectivity index (χ3v) is 4.29. The summed E-state index contributed by atoms with van der Waals surface area (Å²) in [5, 5.41) is 0.356. The summed E-state index contributed by atoms with van der Waals surface area (Å²) in [7, 11) is -2.07. The van der Waals surface area contributed by atoms with E-state index in [1.165, 1.54) is 13.2 Å². The zero-order chi connectivity index (χ0) is 13.6. The normalized spacial score (nSPS) is 11.3. The van der Waals surface area contributed by atoms with Gasteiger partial charge in [-0.05, 0) is 32.0 Å². The molecule has 0 N–H and O–H groups in total. The molecule has 0 amide bonds. The van der Waals surface area contributed by atoms with Crippen LogP contribution in [0.2, 0.25) is 0 Å². The van der Waals surface area contributed by atoms with Gasteiger partial charge in [0.2, 0.25) is 0 Å². The predicted molar refractivity (Wildman–Crippen MR) is 68.3 cm³/mol. The molecule has 0 spiro atoms. The van der Waals surface area contributed by atoms with Gasteiger partial charge in [-0.1, -0.05) is 6.07 Å². The Labute approximate surface area is 107 Å². The molecule has 1 aromatic carbocycles. The van der Waals surface area contributed by atoms with E-state index in [0.29, 0.717) is 10.9 Å². The minimum atomic E-state index is -3.36. The zero-order valence-electron chi connectivity index (χ0n) is 10.7. The Balaban J connectivity index is 3.13. The molecule has 0 aliphatic rings. The number of benzene rings is 1. The van der Waals surface area contributed by atoms with Crippen LogP contribution in [-0.2, 0) is 18.3 Å². The fourth-order valence-electron chi connectivity index (χ4n) is 1.45. The molecule has 5 nitrogen and oxygen atoms in total. The third-order valence-electron chi connectivity index (χ3n) is 2.18. The average Bonchev–Trinajstić information content (AvgIpc) is 2.38. The van der Waals surface area contributed by atoms with E-state index >= 15 is 0 Å². The standard InChI is InChI=1S/C12H17O5P/c1-4-16-18(14,17-5-2)11-8-6-7-10(9-11)12(13)15-3/h6-9H,4-5H2,1-3H3. The van der Waals surface area contributed by atoms with Crippen molar-refractivity contribution in [2.24, 2.45) is 0 Å². The van der Waals surface area contributed by atoms with E-state index in [4.69, 9.17) is 9.05 Å². The lowest BCUT2D eigenvalue weighted by Crippen LogP contribution is -2.13. The van der Waals surface area contributed by atoms with Crippen LogP contribution in [0.3, 0.4) is 0 Å². The van der Waals surface area contributed by atoms with Crippen LogP contribution < -0.4 is 5.30 Å². The SMILES string of the molecule is CCOP(=O)(OCC)c1cccc(C(=O)OC)c1. The molecule has 0 saturated carbocycles. The van der Waals surface area contributed by atoms with Crippen molar-refractivity contribution in [3.05, 3.63) is 29.8 Å². The van der Waals surface area contributed by atoms with Crippen molar-refractivity contribution in [2.45, 2.75) is 13.8 Å². The van der Waals surface area contributed by atoms with E-state index < -0.39 is 13.6 Å². The number of hydrogen-bond acceptors (Lipinski definition) is 5. The van der Waals surface area contributed by atoms with Gasteiger partial charge in [0.05, 0.1) is 31.2 Å². The number of carbonyl (C=O) groups excluding carboxylic acids is 1. The maximum absolute atomic E-state index is 12.5. The highest BCUT2D eigenvalue weighted by Gasteiger charge is 2.27. The van der Waals surface area contributed by atoms with Crippen molar-refractivity contribution in [1.29, 1.82) is 0 Å². The van der Waals surface area contributed by atoms with Gasteiger partial charge in [0, 0.05) is 0 Å². The largest absolute Gasteiger partial charge is 0.465 e. The van der Waals surface area contributed by atoms with Crippen molar-refractivity contribution in [3.63, 3.8) is 0 Å². The molecule has 0 atom stereocenters. The summed E-state index contributed by atoms with van der Waals surface area (Å²) in [4.78, 5) is 11.4. The van der Waals surface area contributed by atoms with E-state index in [1.807, 2.05) is 0 Å². The molecule has 6 heteroatoms. The molecule has 0 aliphatic carbocycles. The molecule has 100 valence electrons.